The maximum Gasteiger partial charge on any atom is 0.309 e. The fourth-order valence-corrected chi connectivity index (χ4v) is 1.57. The van der Waals surface area contributed by atoms with Crippen molar-refractivity contribution in [2.24, 2.45) is 10.8 Å². The predicted octanol–water partition coefficient (Wildman–Crippen LogP) is 0.519. The molecule has 1 aliphatic rings. The Bertz CT molecular complexity index is 455. The van der Waals surface area contributed by atoms with Crippen molar-refractivity contribution in [3.63, 3.8) is 0 Å². The van der Waals surface area contributed by atoms with Crippen LogP contribution in [-0.4, -0.2) is 36.8 Å². The largest absolute Gasteiger partial charge is 0.425 e. The zero-order valence-corrected chi connectivity index (χ0v) is 9.82. The number of hydrogen-bond acceptors (Lipinski definition) is 5. The Morgan fingerprint density at radius 2 is 2.28 bits per heavy atom. The van der Waals surface area contributed by atoms with Gasteiger partial charge in [-0.15, -0.1) is 5.10 Å². The van der Waals surface area contributed by atoms with Gasteiger partial charge in [0.1, 0.15) is 5.75 Å². The molecule has 1 atom stereocenters. The van der Waals surface area contributed by atoms with Crippen molar-refractivity contribution < 1.29 is 9.47 Å². The van der Waals surface area contributed by atoms with E-state index in [4.69, 9.17) is 20.5 Å². The Kier molecular flexibility index (Phi) is 3.99. The first-order valence-electron chi connectivity index (χ1n) is 5.61. The molecular formula is C12H14N4O2. The van der Waals surface area contributed by atoms with Crippen LogP contribution in [0, 0.1) is 11.3 Å². The number of amidine groups is 1. The van der Waals surface area contributed by atoms with E-state index in [-0.39, 0.29) is 6.02 Å². The van der Waals surface area contributed by atoms with Gasteiger partial charge in [-0.25, -0.2) is 0 Å². The first-order chi connectivity index (χ1) is 8.78. The summed E-state index contributed by atoms with van der Waals surface area (Å²) in [4.78, 5) is 0. The average Bonchev–Trinajstić information content (AvgIpc) is 2.40. The van der Waals surface area contributed by atoms with Gasteiger partial charge in [0, 0.05) is 0 Å². The smallest absolute Gasteiger partial charge is 0.309 e. The standard InChI is InChI=1S/C12H14N4O2/c13-8-11-9-16(6-7-17-11)15-12(14)18-10-4-2-1-3-5-10/h1-5,11H,6-7,9H2,(H2,14,15). The van der Waals surface area contributed by atoms with Crippen LogP contribution in [0.5, 0.6) is 5.75 Å². The topological polar surface area (TPSA) is 83.9 Å². The molecule has 1 unspecified atom stereocenters. The summed E-state index contributed by atoms with van der Waals surface area (Å²) >= 11 is 0. The summed E-state index contributed by atoms with van der Waals surface area (Å²) < 4.78 is 10.6. The number of para-hydroxylation sites is 1. The van der Waals surface area contributed by atoms with Crippen LogP contribution in [0.15, 0.2) is 35.4 Å². The summed E-state index contributed by atoms with van der Waals surface area (Å²) in [6.07, 6.45) is -0.466. The van der Waals surface area contributed by atoms with Crippen LogP contribution in [0.4, 0.5) is 0 Å². The van der Waals surface area contributed by atoms with Crippen molar-refractivity contribution in [3.8, 4) is 11.8 Å². The van der Waals surface area contributed by atoms with Crippen LogP contribution in [0.2, 0.25) is 0 Å². The molecule has 0 amide bonds. The van der Waals surface area contributed by atoms with Gasteiger partial charge in [0.15, 0.2) is 6.10 Å². The third kappa shape index (κ3) is 3.37. The van der Waals surface area contributed by atoms with E-state index in [1.54, 1.807) is 17.1 Å². The fraction of sp³-hybridized carbons (Fsp3) is 0.333. The molecular weight excluding hydrogens is 232 g/mol. The van der Waals surface area contributed by atoms with Gasteiger partial charge >= 0.3 is 6.02 Å². The minimum Gasteiger partial charge on any atom is -0.425 e. The van der Waals surface area contributed by atoms with Crippen molar-refractivity contribution in [1.29, 1.82) is 5.26 Å². The van der Waals surface area contributed by atoms with Gasteiger partial charge in [-0.2, -0.15) is 5.26 Å². The molecule has 1 heterocycles. The van der Waals surface area contributed by atoms with Crippen molar-refractivity contribution in [2.45, 2.75) is 6.10 Å². The predicted molar refractivity (Wildman–Crippen MR) is 65.6 cm³/mol. The van der Waals surface area contributed by atoms with Crippen molar-refractivity contribution in [1.82, 2.24) is 5.01 Å². The zero-order valence-electron chi connectivity index (χ0n) is 9.82. The van der Waals surface area contributed by atoms with E-state index in [2.05, 4.69) is 5.10 Å². The Balaban J connectivity index is 1.94. The van der Waals surface area contributed by atoms with Crippen LogP contribution >= 0.6 is 0 Å². The maximum atomic E-state index is 8.77. The summed E-state index contributed by atoms with van der Waals surface area (Å²) in [5.74, 6) is 0.629. The highest BCUT2D eigenvalue weighted by Gasteiger charge is 2.19. The van der Waals surface area contributed by atoms with Crippen LogP contribution < -0.4 is 10.5 Å². The molecule has 0 bridgehead atoms. The lowest BCUT2D eigenvalue weighted by atomic mass is 10.3. The number of nitrogens with two attached hydrogens (primary N) is 1. The first kappa shape index (κ1) is 12.2. The molecule has 0 aliphatic carbocycles. The van der Waals surface area contributed by atoms with E-state index in [9.17, 15) is 0 Å². The Labute approximate surface area is 105 Å². The third-order valence-electron chi connectivity index (χ3n) is 2.39. The highest BCUT2D eigenvalue weighted by Crippen LogP contribution is 2.09. The minimum atomic E-state index is -0.466. The lowest BCUT2D eigenvalue weighted by molar-refractivity contribution is 0.000867. The molecule has 0 spiro atoms. The second-order valence-corrected chi connectivity index (χ2v) is 3.75. The van der Waals surface area contributed by atoms with Gasteiger partial charge in [0.25, 0.3) is 0 Å². The normalized spacial score (nSPS) is 20.3. The number of hydrogen-bond donors (Lipinski definition) is 1. The van der Waals surface area contributed by atoms with Gasteiger partial charge in [-0.1, -0.05) is 18.2 Å². The van der Waals surface area contributed by atoms with E-state index >= 15 is 0 Å². The van der Waals surface area contributed by atoms with E-state index in [1.165, 1.54) is 0 Å². The van der Waals surface area contributed by atoms with E-state index < -0.39 is 6.10 Å². The maximum absolute atomic E-state index is 8.77. The number of nitriles is 1. The fourth-order valence-electron chi connectivity index (χ4n) is 1.57. The van der Waals surface area contributed by atoms with E-state index in [0.29, 0.717) is 25.4 Å². The lowest BCUT2D eigenvalue weighted by Gasteiger charge is -2.27. The molecule has 0 aromatic heterocycles. The second-order valence-electron chi connectivity index (χ2n) is 3.75. The number of benzene rings is 1. The van der Waals surface area contributed by atoms with Gasteiger partial charge in [-0.3, -0.25) is 5.01 Å². The minimum absolute atomic E-state index is 0.0554. The average molecular weight is 246 g/mol. The summed E-state index contributed by atoms with van der Waals surface area (Å²) in [6.45, 7) is 1.45. The molecule has 0 radical (unpaired) electrons. The second kappa shape index (κ2) is 5.89. The van der Waals surface area contributed by atoms with Crippen LogP contribution in [0.3, 0.4) is 0 Å². The number of morpholine rings is 1. The molecule has 1 aromatic rings. The molecule has 1 saturated heterocycles. The number of nitrogens with zero attached hydrogens (tertiary/aromatic N) is 3. The summed E-state index contributed by atoms with van der Waals surface area (Å²) in [6, 6.07) is 11.3. The molecule has 0 saturated carbocycles. The number of ether oxygens (including phenoxy) is 2. The zero-order chi connectivity index (χ0) is 12.8. The Hall–Kier alpha value is -2.26. The molecule has 2 rings (SSSR count). The lowest BCUT2D eigenvalue weighted by Crippen LogP contribution is -2.40. The molecule has 6 heteroatoms. The molecule has 6 nitrogen and oxygen atoms in total. The quantitative estimate of drug-likeness (QED) is 0.607. The Morgan fingerprint density at radius 1 is 1.50 bits per heavy atom. The van der Waals surface area contributed by atoms with Gasteiger partial charge in [0.05, 0.1) is 25.8 Å². The van der Waals surface area contributed by atoms with Gasteiger partial charge < -0.3 is 15.2 Å². The SMILES string of the molecule is N#CC1CN(/N=C(/N)Oc2ccccc2)CCO1. The van der Waals surface area contributed by atoms with E-state index in [0.717, 1.165) is 0 Å². The molecule has 1 aliphatic heterocycles. The van der Waals surface area contributed by atoms with Crippen molar-refractivity contribution >= 4 is 6.02 Å². The van der Waals surface area contributed by atoms with Crippen LogP contribution in [0.1, 0.15) is 0 Å². The molecule has 1 fully saturated rings. The number of hydrazone groups is 1. The highest BCUT2D eigenvalue weighted by atomic mass is 16.5. The molecule has 18 heavy (non-hydrogen) atoms. The van der Waals surface area contributed by atoms with Gasteiger partial charge in [-0.05, 0) is 12.1 Å². The number of rotatable bonds is 2. The first-order valence-corrected chi connectivity index (χ1v) is 5.61. The molecule has 1 aromatic carbocycles. The molecule has 2 N–H and O–H groups in total. The van der Waals surface area contributed by atoms with Crippen LogP contribution in [-0.2, 0) is 4.74 Å². The van der Waals surface area contributed by atoms with E-state index in [1.807, 2.05) is 24.3 Å². The molecule has 94 valence electrons. The van der Waals surface area contributed by atoms with Crippen LogP contribution in [0.25, 0.3) is 0 Å². The monoisotopic (exact) mass is 246 g/mol. The summed E-state index contributed by atoms with van der Waals surface area (Å²) in [5.41, 5.74) is 5.69. The van der Waals surface area contributed by atoms with Crippen molar-refractivity contribution in [2.75, 3.05) is 19.7 Å². The van der Waals surface area contributed by atoms with Crippen molar-refractivity contribution in [3.05, 3.63) is 30.3 Å². The van der Waals surface area contributed by atoms with Gasteiger partial charge in [0.2, 0.25) is 0 Å². The highest BCUT2D eigenvalue weighted by molar-refractivity contribution is 5.73. The summed E-state index contributed by atoms with van der Waals surface area (Å²) in [7, 11) is 0. The third-order valence-corrected chi connectivity index (χ3v) is 2.39. The summed E-state index contributed by atoms with van der Waals surface area (Å²) in [5, 5.41) is 14.5. The Morgan fingerprint density at radius 3 is 3.00 bits per heavy atom.